The van der Waals surface area contributed by atoms with E-state index in [1.54, 1.807) is 31.4 Å². The Kier molecular flexibility index (Phi) is 6.18. The molecule has 5 nitrogen and oxygen atoms in total. The van der Waals surface area contributed by atoms with Gasteiger partial charge >= 0.3 is 0 Å². The Morgan fingerprint density at radius 1 is 1.39 bits per heavy atom. The zero-order valence-corrected chi connectivity index (χ0v) is 10.4. The Bertz CT molecular complexity index is 358. The molecule has 5 heteroatoms. The number of hydrogen-bond donors (Lipinski definition) is 3. The first kappa shape index (κ1) is 14.5. The predicted octanol–water partition coefficient (Wildman–Crippen LogP) is 0.448. The van der Waals surface area contributed by atoms with Crippen LogP contribution in [0.15, 0.2) is 24.3 Å². The highest BCUT2D eigenvalue weighted by Gasteiger charge is 2.11. The number of aliphatic hydroxyl groups is 1. The maximum absolute atomic E-state index is 11.7. The Labute approximate surface area is 106 Å². The van der Waals surface area contributed by atoms with Crippen LogP contribution in [0.3, 0.4) is 0 Å². The van der Waals surface area contributed by atoms with Gasteiger partial charge in [0.25, 0.3) is 0 Å². The fourth-order valence-corrected chi connectivity index (χ4v) is 1.63. The average Bonchev–Trinajstić information content (AvgIpc) is 2.33. The molecule has 0 saturated carbocycles. The smallest absolute Gasteiger partial charge is 0.224 e. The number of aliphatic hydroxyl groups excluding tert-OH is 1. The number of aromatic hydroxyl groups is 1. The SMILES string of the molecule is COCC(CCO)NC(=O)Cc1ccc(O)cc1. The fourth-order valence-electron chi connectivity index (χ4n) is 1.63. The molecule has 0 fully saturated rings. The molecule has 0 spiro atoms. The Hall–Kier alpha value is -1.59. The number of nitrogens with one attached hydrogen (secondary N) is 1. The van der Waals surface area contributed by atoms with Crippen LogP contribution in [0.1, 0.15) is 12.0 Å². The molecule has 1 unspecified atom stereocenters. The molecule has 0 heterocycles. The Balaban J connectivity index is 2.46. The van der Waals surface area contributed by atoms with Crippen LogP contribution in [0.5, 0.6) is 5.75 Å². The van der Waals surface area contributed by atoms with Crippen LogP contribution in [0.4, 0.5) is 0 Å². The van der Waals surface area contributed by atoms with Crippen molar-refractivity contribution in [2.24, 2.45) is 0 Å². The van der Waals surface area contributed by atoms with E-state index >= 15 is 0 Å². The highest BCUT2D eigenvalue weighted by molar-refractivity contribution is 5.78. The van der Waals surface area contributed by atoms with E-state index < -0.39 is 0 Å². The molecule has 0 aliphatic heterocycles. The van der Waals surface area contributed by atoms with Gasteiger partial charge in [0.1, 0.15) is 5.75 Å². The minimum absolute atomic E-state index is 0.00746. The van der Waals surface area contributed by atoms with Gasteiger partial charge in [-0.2, -0.15) is 0 Å². The third-order valence-corrected chi connectivity index (χ3v) is 2.51. The first-order chi connectivity index (χ1) is 8.65. The molecule has 1 amide bonds. The molecule has 3 N–H and O–H groups in total. The maximum Gasteiger partial charge on any atom is 0.224 e. The quantitative estimate of drug-likeness (QED) is 0.659. The minimum atomic E-state index is -0.176. The Morgan fingerprint density at radius 2 is 2.06 bits per heavy atom. The van der Waals surface area contributed by atoms with Crippen molar-refractivity contribution in [3.8, 4) is 5.75 Å². The van der Waals surface area contributed by atoms with Crippen LogP contribution >= 0.6 is 0 Å². The summed E-state index contributed by atoms with van der Waals surface area (Å²) < 4.78 is 4.96. The lowest BCUT2D eigenvalue weighted by Crippen LogP contribution is -2.39. The van der Waals surface area contributed by atoms with E-state index in [4.69, 9.17) is 14.9 Å². The number of amides is 1. The molecule has 1 rings (SSSR count). The topological polar surface area (TPSA) is 78.8 Å². The van der Waals surface area contributed by atoms with Gasteiger partial charge in [0, 0.05) is 13.7 Å². The lowest BCUT2D eigenvalue weighted by atomic mass is 10.1. The molecule has 100 valence electrons. The standard InChI is InChI=1S/C13H19NO4/c1-18-9-11(6-7-15)14-13(17)8-10-2-4-12(16)5-3-10/h2-5,11,15-16H,6-9H2,1H3,(H,14,17). The van der Waals surface area contributed by atoms with Gasteiger partial charge in [0.05, 0.1) is 19.1 Å². The van der Waals surface area contributed by atoms with E-state index in [9.17, 15) is 4.79 Å². The van der Waals surface area contributed by atoms with Crippen molar-refractivity contribution in [3.63, 3.8) is 0 Å². The van der Waals surface area contributed by atoms with Gasteiger partial charge in [-0.25, -0.2) is 0 Å². The van der Waals surface area contributed by atoms with Crippen molar-refractivity contribution in [1.29, 1.82) is 0 Å². The summed E-state index contributed by atoms with van der Waals surface area (Å²) in [6.07, 6.45) is 0.709. The molecule has 1 atom stereocenters. The van der Waals surface area contributed by atoms with Crippen molar-refractivity contribution in [3.05, 3.63) is 29.8 Å². The summed E-state index contributed by atoms with van der Waals surface area (Å²) in [4.78, 5) is 11.7. The van der Waals surface area contributed by atoms with Crippen LogP contribution in [0.25, 0.3) is 0 Å². The summed E-state index contributed by atoms with van der Waals surface area (Å²) in [6, 6.07) is 6.31. The summed E-state index contributed by atoms with van der Waals surface area (Å²) >= 11 is 0. The lowest BCUT2D eigenvalue weighted by Gasteiger charge is -2.16. The monoisotopic (exact) mass is 253 g/mol. The third-order valence-electron chi connectivity index (χ3n) is 2.51. The summed E-state index contributed by atoms with van der Waals surface area (Å²) in [5.74, 6) is 0.0490. The molecule has 18 heavy (non-hydrogen) atoms. The van der Waals surface area contributed by atoms with Gasteiger partial charge in [-0.15, -0.1) is 0 Å². The third kappa shape index (κ3) is 5.16. The van der Waals surface area contributed by atoms with Gasteiger partial charge in [-0.3, -0.25) is 4.79 Å². The van der Waals surface area contributed by atoms with E-state index in [0.717, 1.165) is 5.56 Å². The predicted molar refractivity (Wildman–Crippen MR) is 67.3 cm³/mol. The molecule has 0 saturated heterocycles. The van der Waals surface area contributed by atoms with E-state index in [1.807, 2.05) is 0 Å². The van der Waals surface area contributed by atoms with Crippen molar-refractivity contribution in [2.45, 2.75) is 18.9 Å². The number of ether oxygens (including phenoxy) is 1. The Morgan fingerprint density at radius 3 is 2.61 bits per heavy atom. The van der Waals surface area contributed by atoms with Crippen molar-refractivity contribution < 1.29 is 19.7 Å². The fraction of sp³-hybridized carbons (Fsp3) is 0.462. The summed E-state index contributed by atoms with van der Waals surface area (Å²) in [5, 5.41) is 20.8. The molecule has 0 radical (unpaired) electrons. The van der Waals surface area contributed by atoms with E-state index in [1.165, 1.54) is 0 Å². The number of phenols is 1. The highest BCUT2D eigenvalue weighted by Crippen LogP contribution is 2.10. The second-order valence-electron chi connectivity index (χ2n) is 4.08. The molecule has 1 aromatic rings. The second kappa shape index (κ2) is 7.68. The highest BCUT2D eigenvalue weighted by atomic mass is 16.5. The first-order valence-electron chi connectivity index (χ1n) is 5.82. The number of phenolic OH excluding ortho intramolecular Hbond substituents is 1. The van der Waals surface area contributed by atoms with Crippen LogP contribution < -0.4 is 5.32 Å². The first-order valence-corrected chi connectivity index (χ1v) is 5.82. The van der Waals surface area contributed by atoms with E-state index in [-0.39, 0.29) is 30.7 Å². The molecule has 0 aliphatic carbocycles. The van der Waals surface area contributed by atoms with Gasteiger partial charge in [0.2, 0.25) is 5.91 Å². The maximum atomic E-state index is 11.7. The molecular formula is C13H19NO4. The number of hydrogen-bond acceptors (Lipinski definition) is 4. The van der Waals surface area contributed by atoms with Gasteiger partial charge < -0.3 is 20.3 Å². The van der Waals surface area contributed by atoms with Crippen molar-refractivity contribution in [1.82, 2.24) is 5.32 Å². The zero-order chi connectivity index (χ0) is 13.4. The van der Waals surface area contributed by atoms with E-state index in [0.29, 0.717) is 13.0 Å². The van der Waals surface area contributed by atoms with Gasteiger partial charge in [-0.05, 0) is 24.1 Å². The van der Waals surface area contributed by atoms with Gasteiger partial charge in [-0.1, -0.05) is 12.1 Å². The summed E-state index contributed by atoms with van der Waals surface area (Å²) in [6.45, 7) is 0.384. The van der Waals surface area contributed by atoms with Crippen LogP contribution in [0, 0.1) is 0 Å². The molecule has 0 aromatic heterocycles. The van der Waals surface area contributed by atoms with Crippen LogP contribution in [-0.4, -0.2) is 42.5 Å². The second-order valence-corrected chi connectivity index (χ2v) is 4.08. The van der Waals surface area contributed by atoms with Crippen LogP contribution in [0.2, 0.25) is 0 Å². The van der Waals surface area contributed by atoms with Gasteiger partial charge in [0.15, 0.2) is 0 Å². The number of methoxy groups -OCH3 is 1. The molecule has 0 bridgehead atoms. The average molecular weight is 253 g/mol. The number of carbonyl (C=O) groups excluding carboxylic acids is 1. The lowest BCUT2D eigenvalue weighted by molar-refractivity contribution is -0.121. The van der Waals surface area contributed by atoms with Crippen LogP contribution in [-0.2, 0) is 16.0 Å². The normalized spacial score (nSPS) is 12.1. The number of carbonyl (C=O) groups is 1. The minimum Gasteiger partial charge on any atom is -0.508 e. The summed E-state index contributed by atoms with van der Waals surface area (Å²) in [7, 11) is 1.55. The molecular weight excluding hydrogens is 234 g/mol. The number of rotatable bonds is 7. The number of benzene rings is 1. The zero-order valence-electron chi connectivity index (χ0n) is 10.4. The van der Waals surface area contributed by atoms with E-state index in [2.05, 4.69) is 5.32 Å². The van der Waals surface area contributed by atoms with Crippen molar-refractivity contribution in [2.75, 3.05) is 20.3 Å². The summed E-state index contributed by atoms with van der Waals surface area (Å²) in [5.41, 5.74) is 0.825. The largest absolute Gasteiger partial charge is 0.508 e. The molecule has 0 aliphatic rings. The molecule has 1 aromatic carbocycles. The van der Waals surface area contributed by atoms with Crippen molar-refractivity contribution >= 4 is 5.91 Å².